The number of rotatable bonds is 3. The molecule has 106 valence electrons. The first kappa shape index (κ1) is 14.1. The van der Waals surface area contributed by atoms with E-state index in [4.69, 9.17) is 23.2 Å². The van der Waals surface area contributed by atoms with E-state index >= 15 is 0 Å². The second-order valence-electron chi connectivity index (χ2n) is 4.80. The van der Waals surface area contributed by atoms with Crippen LogP contribution in [0.4, 0.5) is 0 Å². The van der Waals surface area contributed by atoms with Crippen LogP contribution in [0, 0.1) is 0 Å². The molecule has 2 aromatic carbocycles. The third kappa shape index (κ3) is 2.67. The van der Waals surface area contributed by atoms with E-state index in [2.05, 4.69) is 4.98 Å². The zero-order valence-corrected chi connectivity index (χ0v) is 12.8. The molecule has 3 aromatic rings. The number of fused-ring (bicyclic) bond motifs is 1. The number of ketones is 1. The monoisotopic (exact) mass is 318 g/mol. The van der Waals surface area contributed by atoms with Gasteiger partial charge in [0.25, 0.3) is 0 Å². The van der Waals surface area contributed by atoms with Crippen molar-refractivity contribution in [3.8, 4) is 0 Å². The van der Waals surface area contributed by atoms with E-state index in [1.165, 1.54) is 0 Å². The first-order chi connectivity index (χ1) is 10.1. The van der Waals surface area contributed by atoms with Crippen molar-refractivity contribution in [3.63, 3.8) is 0 Å². The van der Waals surface area contributed by atoms with Crippen molar-refractivity contribution in [2.24, 2.45) is 7.05 Å². The third-order valence-corrected chi connectivity index (χ3v) is 3.99. The fourth-order valence-corrected chi connectivity index (χ4v) is 2.70. The highest BCUT2D eigenvalue weighted by Crippen LogP contribution is 2.23. The molecule has 0 amide bonds. The van der Waals surface area contributed by atoms with Crippen LogP contribution in [0.15, 0.2) is 42.5 Å². The smallest absolute Gasteiger partial charge is 0.171 e. The number of hydrogen-bond donors (Lipinski definition) is 0. The third-order valence-electron chi connectivity index (χ3n) is 3.43. The van der Waals surface area contributed by atoms with Crippen molar-refractivity contribution < 1.29 is 4.79 Å². The largest absolute Gasteiger partial charge is 0.331 e. The predicted octanol–water partition coefficient (Wildman–Crippen LogP) is 4.31. The zero-order chi connectivity index (χ0) is 15.0. The Labute approximate surface area is 132 Å². The topological polar surface area (TPSA) is 34.9 Å². The number of para-hydroxylation sites is 2. The second kappa shape index (κ2) is 5.51. The number of benzene rings is 2. The molecule has 0 unspecified atom stereocenters. The summed E-state index contributed by atoms with van der Waals surface area (Å²) in [5.74, 6) is 0.609. The van der Waals surface area contributed by atoms with E-state index in [9.17, 15) is 4.79 Å². The number of carbonyl (C=O) groups excluding carboxylic acids is 1. The van der Waals surface area contributed by atoms with Gasteiger partial charge in [-0.25, -0.2) is 4.98 Å². The first-order valence-corrected chi connectivity index (χ1v) is 7.20. The Hall–Kier alpha value is -1.84. The van der Waals surface area contributed by atoms with Crippen LogP contribution in [0.25, 0.3) is 11.0 Å². The molecule has 1 aromatic heterocycles. The molecule has 0 aliphatic carbocycles. The minimum Gasteiger partial charge on any atom is -0.331 e. The van der Waals surface area contributed by atoms with Crippen molar-refractivity contribution in [1.29, 1.82) is 0 Å². The number of Topliss-reactive ketones (excluding diaryl/α,β-unsaturated/α-hetero) is 1. The Morgan fingerprint density at radius 2 is 1.95 bits per heavy atom. The van der Waals surface area contributed by atoms with Crippen LogP contribution in [-0.2, 0) is 13.5 Å². The summed E-state index contributed by atoms with van der Waals surface area (Å²) in [6, 6.07) is 12.7. The maximum Gasteiger partial charge on any atom is 0.171 e. The summed E-state index contributed by atoms with van der Waals surface area (Å²) in [6.07, 6.45) is 0.186. The number of carbonyl (C=O) groups is 1. The van der Waals surface area contributed by atoms with E-state index in [0.717, 1.165) is 11.0 Å². The molecule has 0 fully saturated rings. The van der Waals surface area contributed by atoms with Gasteiger partial charge in [0, 0.05) is 17.6 Å². The number of nitrogens with zero attached hydrogens (tertiary/aromatic N) is 2. The molecular weight excluding hydrogens is 307 g/mol. The average Bonchev–Trinajstić information content (AvgIpc) is 2.78. The van der Waals surface area contributed by atoms with E-state index in [-0.39, 0.29) is 12.2 Å². The minimum absolute atomic E-state index is 0.0964. The number of halogens is 2. The SMILES string of the molecule is Cn1c(CC(=O)c2cc(Cl)ccc2Cl)nc2ccccc21. The Morgan fingerprint density at radius 3 is 2.71 bits per heavy atom. The van der Waals surface area contributed by atoms with Gasteiger partial charge in [0.2, 0.25) is 0 Å². The average molecular weight is 319 g/mol. The van der Waals surface area contributed by atoms with E-state index in [1.807, 2.05) is 35.9 Å². The molecule has 3 rings (SSSR count). The van der Waals surface area contributed by atoms with Crippen LogP contribution in [0.3, 0.4) is 0 Å². The van der Waals surface area contributed by atoms with Crippen molar-refractivity contribution in [2.45, 2.75) is 6.42 Å². The van der Waals surface area contributed by atoms with E-state index in [0.29, 0.717) is 21.4 Å². The highest BCUT2D eigenvalue weighted by atomic mass is 35.5. The maximum atomic E-state index is 12.4. The fourth-order valence-electron chi connectivity index (χ4n) is 2.30. The summed E-state index contributed by atoms with van der Waals surface area (Å²) in [5, 5.41) is 0.899. The van der Waals surface area contributed by atoms with Crippen molar-refractivity contribution in [2.75, 3.05) is 0 Å². The molecule has 0 aliphatic heterocycles. The summed E-state index contributed by atoms with van der Waals surface area (Å²) >= 11 is 12.0. The number of aromatic nitrogens is 2. The molecule has 0 N–H and O–H groups in total. The minimum atomic E-state index is -0.0964. The Bertz CT molecular complexity index is 839. The van der Waals surface area contributed by atoms with Crippen LogP contribution < -0.4 is 0 Å². The van der Waals surface area contributed by atoms with Crippen LogP contribution in [0.2, 0.25) is 10.0 Å². The molecule has 21 heavy (non-hydrogen) atoms. The van der Waals surface area contributed by atoms with Gasteiger partial charge in [0.15, 0.2) is 5.78 Å². The zero-order valence-electron chi connectivity index (χ0n) is 11.3. The van der Waals surface area contributed by atoms with Gasteiger partial charge in [0.05, 0.1) is 22.5 Å². The first-order valence-electron chi connectivity index (χ1n) is 6.45. The van der Waals surface area contributed by atoms with Crippen molar-refractivity contribution in [3.05, 3.63) is 63.9 Å². The summed E-state index contributed by atoms with van der Waals surface area (Å²) in [4.78, 5) is 16.9. The van der Waals surface area contributed by atoms with Gasteiger partial charge in [0.1, 0.15) is 5.82 Å². The summed E-state index contributed by atoms with van der Waals surface area (Å²) in [5.41, 5.74) is 2.30. The standard InChI is InChI=1S/C16H12Cl2N2O/c1-20-14-5-3-2-4-13(14)19-16(20)9-15(21)11-8-10(17)6-7-12(11)18/h2-8H,9H2,1H3. The predicted molar refractivity (Wildman–Crippen MR) is 85.2 cm³/mol. The lowest BCUT2D eigenvalue weighted by Gasteiger charge is -2.05. The van der Waals surface area contributed by atoms with Crippen LogP contribution in [0.1, 0.15) is 16.2 Å². The van der Waals surface area contributed by atoms with Crippen LogP contribution in [-0.4, -0.2) is 15.3 Å². The number of aryl methyl sites for hydroxylation is 1. The molecule has 0 atom stereocenters. The summed E-state index contributed by atoms with van der Waals surface area (Å²) in [6.45, 7) is 0. The van der Waals surface area contributed by atoms with Gasteiger partial charge in [-0.15, -0.1) is 0 Å². The van der Waals surface area contributed by atoms with E-state index in [1.54, 1.807) is 18.2 Å². The quantitative estimate of drug-likeness (QED) is 0.675. The van der Waals surface area contributed by atoms with Gasteiger partial charge in [-0.2, -0.15) is 0 Å². The van der Waals surface area contributed by atoms with Gasteiger partial charge >= 0.3 is 0 Å². The molecule has 0 aliphatic rings. The highest BCUT2D eigenvalue weighted by molar-refractivity contribution is 6.35. The number of hydrogen-bond acceptors (Lipinski definition) is 2. The normalized spacial score (nSPS) is 11.0. The Morgan fingerprint density at radius 1 is 1.19 bits per heavy atom. The molecular formula is C16H12Cl2N2O. The molecule has 0 saturated heterocycles. The summed E-state index contributed by atoms with van der Waals surface area (Å²) in [7, 11) is 1.90. The van der Waals surface area contributed by atoms with Crippen molar-refractivity contribution in [1.82, 2.24) is 9.55 Å². The van der Waals surface area contributed by atoms with Gasteiger partial charge in [-0.05, 0) is 30.3 Å². The van der Waals surface area contributed by atoms with Gasteiger partial charge < -0.3 is 4.57 Å². The van der Waals surface area contributed by atoms with Gasteiger partial charge in [-0.1, -0.05) is 35.3 Å². The molecule has 1 heterocycles. The number of imidazole rings is 1. The highest BCUT2D eigenvalue weighted by Gasteiger charge is 2.16. The molecule has 3 nitrogen and oxygen atoms in total. The molecule has 0 spiro atoms. The second-order valence-corrected chi connectivity index (χ2v) is 5.64. The lowest BCUT2D eigenvalue weighted by molar-refractivity contribution is 0.0990. The van der Waals surface area contributed by atoms with Crippen molar-refractivity contribution >= 4 is 40.0 Å². The van der Waals surface area contributed by atoms with Crippen LogP contribution >= 0.6 is 23.2 Å². The Kier molecular flexibility index (Phi) is 3.70. The van der Waals surface area contributed by atoms with Gasteiger partial charge in [-0.3, -0.25) is 4.79 Å². The summed E-state index contributed by atoms with van der Waals surface area (Å²) < 4.78 is 1.92. The molecule has 0 saturated carbocycles. The fraction of sp³-hybridized carbons (Fsp3) is 0.125. The molecule has 5 heteroatoms. The van der Waals surface area contributed by atoms with E-state index < -0.39 is 0 Å². The molecule has 0 bridgehead atoms. The Balaban J connectivity index is 1.96. The van der Waals surface area contributed by atoms with Crippen LogP contribution in [0.5, 0.6) is 0 Å². The molecule has 0 radical (unpaired) electrons. The maximum absolute atomic E-state index is 12.4. The lowest BCUT2D eigenvalue weighted by atomic mass is 10.1. The lowest BCUT2D eigenvalue weighted by Crippen LogP contribution is -2.09.